The molecule has 3 N–H and O–H groups in total. The van der Waals surface area contributed by atoms with E-state index in [4.69, 9.17) is 10.5 Å². The molecule has 0 aliphatic carbocycles. The first-order valence-corrected chi connectivity index (χ1v) is 6.80. The summed E-state index contributed by atoms with van der Waals surface area (Å²) in [6, 6.07) is 2.62. The van der Waals surface area contributed by atoms with Gasteiger partial charge in [0, 0.05) is 15.9 Å². The van der Waals surface area contributed by atoms with Gasteiger partial charge in [0.2, 0.25) is 5.13 Å². The number of nitrogens with zero attached hydrogens (tertiary/aromatic N) is 2. The van der Waals surface area contributed by atoms with Gasteiger partial charge in [0.15, 0.2) is 0 Å². The zero-order valence-corrected chi connectivity index (χ0v) is 12.3. The van der Waals surface area contributed by atoms with Gasteiger partial charge in [-0.05, 0) is 22.0 Å². The molecule has 0 atom stereocenters. The van der Waals surface area contributed by atoms with Crippen LogP contribution in [0.4, 0.5) is 15.3 Å². The maximum atomic E-state index is 13.2. The number of methoxy groups -OCH3 is 1. The molecule has 8 heteroatoms. The highest BCUT2D eigenvalue weighted by atomic mass is 79.9. The lowest BCUT2D eigenvalue weighted by molar-refractivity contribution is 0.410. The molecule has 0 fully saturated rings. The number of nitrogen functional groups attached to an aromatic ring is 1. The Kier molecular flexibility index (Phi) is 4.33. The van der Waals surface area contributed by atoms with E-state index in [2.05, 4.69) is 31.4 Å². The summed E-state index contributed by atoms with van der Waals surface area (Å²) < 4.78 is 18.8. The van der Waals surface area contributed by atoms with E-state index in [1.807, 2.05) is 0 Å². The van der Waals surface area contributed by atoms with Crippen molar-refractivity contribution in [3.63, 3.8) is 0 Å². The number of thiazole rings is 1. The summed E-state index contributed by atoms with van der Waals surface area (Å²) in [5.74, 6) is 0.431. The molecule has 0 saturated heterocycles. The van der Waals surface area contributed by atoms with E-state index >= 15 is 0 Å². The number of nitrogens with two attached hydrogens (primary N) is 1. The fourth-order valence-corrected chi connectivity index (χ4v) is 2.41. The Morgan fingerprint density at radius 1 is 1.58 bits per heavy atom. The number of halogens is 2. The summed E-state index contributed by atoms with van der Waals surface area (Å²) in [6.07, 6.45) is 1.51. The molecule has 1 aromatic heterocycles. The first kappa shape index (κ1) is 13.8. The van der Waals surface area contributed by atoms with Crippen molar-refractivity contribution in [2.45, 2.75) is 0 Å². The highest BCUT2D eigenvalue weighted by molar-refractivity contribution is 9.10. The molecule has 0 spiro atoms. The van der Waals surface area contributed by atoms with Crippen molar-refractivity contribution in [3.8, 4) is 5.75 Å². The van der Waals surface area contributed by atoms with Gasteiger partial charge in [0.05, 0.1) is 18.9 Å². The minimum atomic E-state index is -0.387. The molecule has 0 bridgehead atoms. The van der Waals surface area contributed by atoms with E-state index in [0.29, 0.717) is 26.7 Å². The Labute approximate surface area is 121 Å². The molecule has 2 aromatic rings. The number of anilines is 2. The quantitative estimate of drug-likeness (QED) is 0.660. The first-order valence-electron chi connectivity index (χ1n) is 5.13. The van der Waals surface area contributed by atoms with Crippen LogP contribution in [0.5, 0.6) is 5.75 Å². The van der Waals surface area contributed by atoms with Crippen LogP contribution in [0.3, 0.4) is 0 Å². The van der Waals surface area contributed by atoms with Crippen LogP contribution < -0.4 is 15.9 Å². The van der Waals surface area contributed by atoms with Crippen LogP contribution in [0.1, 0.15) is 5.56 Å². The van der Waals surface area contributed by atoms with Gasteiger partial charge < -0.3 is 10.5 Å². The fraction of sp³-hybridized carbons (Fsp3) is 0.0909. The summed E-state index contributed by atoms with van der Waals surface area (Å²) >= 11 is 4.59. The molecule has 5 nitrogen and oxygen atoms in total. The monoisotopic (exact) mass is 344 g/mol. The predicted octanol–water partition coefficient (Wildman–Crippen LogP) is 3.08. The van der Waals surface area contributed by atoms with Gasteiger partial charge >= 0.3 is 0 Å². The van der Waals surface area contributed by atoms with E-state index in [-0.39, 0.29) is 5.82 Å². The summed E-state index contributed by atoms with van der Waals surface area (Å²) in [6.45, 7) is 0. The Morgan fingerprint density at radius 2 is 2.37 bits per heavy atom. The van der Waals surface area contributed by atoms with Gasteiger partial charge in [-0.15, -0.1) is 11.3 Å². The average Bonchev–Trinajstić information content (AvgIpc) is 2.77. The van der Waals surface area contributed by atoms with E-state index < -0.39 is 0 Å². The van der Waals surface area contributed by atoms with Crippen LogP contribution in [-0.2, 0) is 0 Å². The van der Waals surface area contributed by atoms with Gasteiger partial charge in [-0.1, -0.05) is 0 Å². The third-order valence-electron chi connectivity index (χ3n) is 2.15. The minimum Gasteiger partial charge on any atom is -0.496 e. The summed E-state index contributed by atoms with van der Waals surface area (Å²) in [5.41, 5.74) is 8.85. The van der Waals surface area contributed by atoms with Crippen molar-refractivity contribution in [2.24, 2.45) is 5.10 Å². The van der Waals surface area contributed by atoms with Gasteiger partial charge in [0.25, 0.3) is 0 Å². The third kappa shape index (κ3) is 3.42. The largest absolute Gasteiger partial charge is 0.496 e. The Morgan fingerprint density at radius 3 is 3.00 bits per heavy atom. The second-order valence-corrected chi connectivity index (χ2v) is 5.16. The van der Waals surface area contributed by atoms with Crippen molar-refractivity contribution in [1.29, 1.82) is 0 Å². The molecule has 0 saturated carbocycles. The van der Waals surface area contributed by atoms with E-state index in [9.17, 15) is 4.39 Å². The normalized spacial score (nSPS) is 10.9. The Balaban J connectivity index is 2.18. The molecule has 1 heterocycles. The van der Waals surface area contributed by atoms with Gasteiger partial charge in [0.1, 0.15) is 17.4 Å². The van der Waals surface area contributed by atoms with Crippen LogP contribution in [0, 0.1) is 5.82 Å². The summed E-state index contributed by atoms with van der Waals surface area (Å²) in [4.78, 5) is 3.99. The predicted molar refractivity (Wildman–Crippen MR) is 78.4 cm³/mol. The number of hydrogen-bond donors (Lipinski definition) is 2. The maximum absolute atomic E-state index is 13.2. The molecule has 100 valence electrons. The van der Waals surface area contributed by atoms with Gasteiger partial charge in [-0.3, -0.25) is 5.43 Å². The second-order valence-electron chi connectivity index (χ2n) is 3.45. The Hall–Kier alpha value is -1.67. The van der Waals surface area contributed by atoms with Gasteiger partial charge in [-0.2, -0.15) is 5.10 Å². The van der Waals surface area contributed by atoms with Crippen molar-refractivity contribution in [1.82, 2.24) is 4.98 Å². The molecule has 0 amide bonds. The number of hydrogen-bond acceptors (Lipinski definition) is 6. The van der Waals surface area contributed by atoms with Crippen LogP contribution in [-0.4, -0.2) is 18.3 Å². The zero-order valence-electron chi connectivity index (χ0n) is 9.85. The zero-order chi connectivity index (χ0) is 13.8. The topological polar surface area (TPSA) is 72.5 Å². The smallest absolute Gasteiger partial charge is 0.205 e. The third-order valence-corrected chi connectivity index (χ3v) is 3.57. The van der Waals surface area contributed by atoms with Crippen LogP contribution >= 0.6 is 27.3 Å². The van der Waals surface area contributed by atoms with Crippen molar-refractivity contribution in [3.05, 3.63) is 33.4 Å². The maximum Gasteiger partial charge on any atom is 0.205 e. The minimum absolute atomic E-state index is 0.385. The van der Waals surface area contributed by atoms with E-state index in [1.54, 1.807) is 5.38 Å². The lowest BCUT2D eigenvalue weighted by Gasteiger charge is -2.06. The number of aromatic nitrogens is 1. The molecular formula is C11H10BrFN4OS. The lowest BCUT2D eigenvalue weighted by atomic mass is 10.2. The SMILES string of the molecule is COc1cc(F)cc(Br)c1C=NNc1nc(N)cs1. The molecule has 0 radical (unpaired) electrons. The average molecular weight is 345 g/mol. The van der Waals surface area contributed by atoms with Crippen LogP contribution in [0.25, 0.3) is 0 Å². The number of rotatable bonds is 4. The highest BCUT2D eigenvalue weighted by Gasteiger charge is 2.08. The molecule has 2 rings (SSSR count). The molecular weight excluding hydrogens is 335 g/mol. The fourth-order valence-electron chi connectivity index (χ4n) is 1.34. The van der Waals surface area contributed by atoms with Gasteiger partial charge in [-0.25, -0.2) is 9.37 Å². The number of benzene rings is 1. The molecule has 1 aromatic carbocycles. The summed E-state index contributed by atoms with van der Waals surface area (Å²) in [5, 5.41) is 6.28. The highest BCUT2D eigenvalue weighted by Crippen LogP contribution is 2.27. The van der Waals surface area contributed by atoms with Crippen molar-refractivity contribution < 1.29 is 9.13 Å². The van der Waals surface area contributed by atoms with E-state index in [1.165, 1.54) is 36.8 Å². The van der Waals surface area contributed by atoms with Crippen LogP contribution in [0.2, 0.25) is 0 Å². The van der Waals surface area contributed by atoms with Crippen molar-refractivity contribution >= 4 is 44.4 Å². The standard InChI is InChI=1S/C11H10BrFN4OS/c1-18-9-3-6(13)2-8(12)7(9)4-15-17-11-16-10(14)5-19-11/h2-5H,14H2,1H3,(H,16,17). The number of hydrazone groups is 1. The molecule has 19 heavy (non-hydrogen) atoms. The number of ether oxygens (including phenoxy) is 1. The molecule has 0 aliphatic heterocycles. The Bertz CT molecular complexity index is 617. The molecule has 0 aliphatic rings. The van der Waals surface area contributed by atoms with Crippen molar-refractivity contribution in [2.75, 3.05) is 18.3 Å². The van der Waals surface area contributed by atoms with E-state index in [0.717, 1.165) is 0 Å². The summed E-state index contributed by atoms with van der Waals surface area (Å²) in [7, 11) is 1.47. The second kappa shape index (κ2) is 5.98. The molecule has 0 unspecified atom stereocenters. The lowest BCUT2D eigenvalue weighted by Crippen LogP contribution is -1.96. The number of nitrogens with one attached hydrogen (secondary N) is 1. The first-order chi connectivity index (χ1) is 9.10. The van der Waals surface area contributed by atoms with Crippen LogP contribution in [0.15, 0.2) is 27.1 Å².